The van der Waals surface area contributed by atoms with Crippen molar-refractivity contribution < 1.29 is 15.0 Å². The maximum atomic E-state index is 11.9. The molecule has 0 atom stereocenters. The molecule has 0 radical (unpaired) electrons. The molecule has 1 aromatic carbocycles. The first kappa shape index (κ1) is 25.3. The normalized spacial score (nSPS) is 11.0. The van der Waals surface area contributed by atoms with Gasteiger partial charge in [0.1, 0.15) is 0 Å². The quantitative estimate of drug-likeness (QED) is 0.243. The number of urea groups is 1. The molecule has 0 aliphatic carbocycles. The smallest absolute Gasteiger partial charge is 0.315 e. The first-order valence-electron chi connectivity index (χ1n) is 11.1. The number of thiazole rings is 1. The Balaban J connectivity index is 2.01. The first-order chi connectivity index (χ1) is 16.4. The fraction of sp³-hybridized carbons (Fsp3) is 0.391. The molecular weight excluding hydrogens is 454 g/mol. The Morgan fingerprint density at radius 3 is 2.50 bits per heavy atom. The Morgan fingerprint density at radius 1 is 1.06 bits per heavy atom. The molecule has 10 nitrogen and oxygen atoms in total. The Kier molecular flexibility index (Phi) is 9.14. The second-order valence-corrected chi connectivity index (χ2v) is 8.90. The van der Waals surface area contributed by atoms with Gasteiger partial charge in [-0.1, -0.05) is 35.6 Å². The van der Waals surface area contributed by atoms with Crippen LogP contribution in [-0.4, -0.2) is 63.0 Å². The molecule has 2 heterocycles. The number of hydrogen-bond acceptors (Lipinski definition) is 9. The summed E-state index contributed by atoms with van der Waals surface area (Å²) in [6.07, 6.45) is 1.75. The third-order valence-electron chi connectivity index (χ3n) is 4.74. The van der Waals surface area contributed by atoms with Gasteiger partial charge in [0.25, 0.3) is 0 Å². The standard InChI is InChI=1S/C23H31N7O3S/c1-4-24-22(33)25-10-15-7-5-6-8-17(15)18-9-19(20-11-26-23(34-20)27-14(2)3)30-21(29-18)28-16(12-31)13-32/h5-9,11,14,16,31-32H,4,10,12-13H2,1-3H3,(H,26,27)(H2,24,25,33)(H,28,29,30). The van der Waals surface area contributed by atoms with Crippen LogP contribution in [0.15, 0.2) is 36.5 Å². The zero-order valence-electron chi connectivity index (χ0n) is 19.5. The molecule has 2 aromatic heterocycles. The van der Waals surface area contributed by atoms with Crippen LogP contribution in [0.25, 0.3) is 21.8 Å². The summed E-state index contributed by atoms with van der Waals surface area (Å²) in [4.78, 5) is 26.4. The van der Waals surface area contributed by atoms with E-state index in [4.69, 9.17) is 0 Å². The van der Waals surface area contributed by atoms with E-state index in [0.717, 1.165) is 21.1 Å². The lowest BCUT2D eigenvalue weighted by Crippen LogP contribution is -2.34. The predicted molar refractivity (Wildman–Crippen MR) is 135 cm³/mol. The van der Waals surface area contributed by atoms with Gasteiger partial charge in [-0.05, 0) is 32.4 Å². The number of anilines is 2. The minimum Gasteiger partial charge on any atom is -0.394 e. The van der Waals surface area contributed by atoms with Crippen molar-refractivity contribution in [1.29, 1.82) is 0 Å². The Hall–Kier alpha value is -3.28. The van der Waals surface area contributed by atoms with Crippen LogP contribution in [0.4, 0.5) is 15.9 Å². The number of rotatable bonds is 11. The van der Waals surface area contributed by atoms with Crippen molar-refractivity contribution in [2.45, 2.75) is 39.4 Å². The van der Waals surface area contributed by atoms with Crippen molar-refractivity contribution in [3.05, 3.63) is 42.1 Å². The van der Waals surface area contributed by atoms with Gasteiger partial charge < -0.3 is 31.5 Å². The van der Waals surface area contributed by atoms with E-state index in [1.807, 2.05) is 51.1 Å². The van der Waals surface area contributed by atoms with E-state index in [2.05, 4.69) is 36.2 Å². The highest BCUT2D eigenvalue weighted by Gasteiger charge is 2.16. The summed E-state index contributed by atoms with van der Waals surface area (Å²) in [5.41, 5.74) is 3.02. The van der Waals surface area contributed by atoms with Crippen molar-refractivity contribution in [2.24, 2.45) is 0 Å². The number of aliphatic hydroxyl groups is 2. The SMILES string of the molecule is CCNC(=O)NCc1ccccc1-c1cc(-c2cnc(NC(C)C)s2)nc(NC(CO)CO)n1. The minimum atomic E-state index is -0.600. The monoisotopic (exact) mass is 485 g/mol. The fourth-order valence-electron chi connectivity index (χ4n) is 3.14. The Bertz CT molecular complexity index is 1090. The molecule has 3 rings (SSSR count). The van der Waals surface area contributed by atoms with Gasteiger partial charge in [-0.15, -0.1) is 0 Å². The number of amides is 2. The number of nitrogens with zero attached hydrogens (tertiary/aromatic N) is 3. The van der Waals surface area contributed by atoms with Gasteiger partial charge in [0.15, 0.2) is 5.13 Å². The summed E-state index contributed by atoms with van der Waals surface area (Å²) in [6.45, 7) is 6.27. The minimum absolute atomic E-state index is 0.244. The lowest BCUT2D eigenvalue weighted by atomic mass is 10.0. The molecule has 0 unspecified atom stereocenters. The molecule has 0 aliphatic heterocycles. The van der Waals surface area contributed by atoms with Gasteiger partial charge in [0.05, 0.1) is 35.5 Å². The third kappa shape index (κ3) is 6.86. The molecule has 0 saturated carbocycles. The van der Waals surface area contributed by atoms with E-state index in [1.54, 1.807) is 6.20 Å². The van der Waals surface area contributed by atoms with Crippen molar-refractivity contribution in [3.8, 4) is 21.8 Å². The van der Waals surface area contributed by atoms with E-state index in [0.29, 0.717) is 24.5 Å². The van der Waals surface area contributed by atoms with Crippen LogP contribution in [0.5, 0.6) is 0 Å². The molecular formula is C23H31N7O3S. The summed E-state index contributed by atoms with van der Waals surface area (Å²) in [5.74, 6) is 0.277. The number of aliphatic hydroxyl groups excluding tert-OH is 2. The zero-order chi connectivity index (χ0) is 24.5. The van der Waals surface area contributed by atoms with Crippen molar-refractivity contribution in [1.82, 2.24) is 25.6 Å². The van der Waals surface area contributed by atoms with Crippen LogP contribution < -0.4 is 21.3 Å². The summed E-state index contributed by atoms with van der Waals surface area (Å²) >= 11 is 1.48. The van der Waals surface area contributed by atoms with E-state index in [1.165, 1.54) is 11.3 Å². The molecule has 11 heteroatoms. The van der Waals surface area contributed by atoms with Crippen molar-refractivity contribution in [3.63, 3.8) is 0 Å². The van der Waals surface area contributed by atoms with Crippen LogP contribution in [0.3, 0.4) is 0 Å². The summed E-state index contributed by atoms with van der Waals surface area (Å²) in [7, 11) is 0. The molecule has 6 N–H and O–H groups in total. The number of hydrogen-bond donors (Lipinski definition) is 6. The Morgan fingerprint density at radius 2 is 1.79 bits per heavy atom. The van der Waals surface area contributed by atoms with E-state index in [-0.39, 0.29) is 31.2 Å². The Labute approximate surface area is 202 Å². The van der Waals surface area contributed by atoms with Crippen LogP contribution in [-0.2, 0) is 6.54 Å². The maximum Gasteiger partial charge on any atom is 0.315 e. The number of aromatic nitrogens is 3. The largest absolute Gasteiger partial charge is 0.394 e. The zero-order valence-corrected chi connectivity index (χ0v) is 20.3. The number of carbonyl (C=O) groups excluding carboxylic acids is 1. The highest BCUT2D eigenvalue weighted by atomic mass is 32.1. The van der Waals surface area contributed by atoms with Crippen LogP contribution in [0.1, 0.15) is 26.3 Å². The third-order valence-corrected chi connectivity index (χ3v) is 5.69. The lowest BCUT2D eigenvalue weighted by molar-refractivity contribution is 0.203. The molecule has 182 valence electrons. The molecule has 2 amide bonds. The van der Waals surface area contributed by atoms with Crippen LogP contribution in [0, 0.1) is 0 Å². The van der Waals surface area contributed by atoms with Crippen molar-refractivity contribution >= 4 is 28.4 Å². The average Bonchev–Trinajstić information content (AvgIpc) is 3.29. The average molecular weight is 486 g/mol. The maximum absolute atomic E-state index is 11.9. The number of benzene rings is 1. The van der Waals surface area contributed by atoms with E-state index in [9.17, 15) is 15.0 Å². The van der Waals surface area contributed by atoms with Gasteiger partial charge in [0.2, 0.25) is 5.95 Å². The molecule has 0 spiro atoms. The molecule has 0 aliphatic rings. The molecule has 0 fully saturated rings. The van der Waals surface area contributed by atoms with Crippen LogP contribution >= 0.6 is 11.3 Å². The molecule has 0 saturated heterocycles. The molecule has 0 bridgehead atoms. The topological polar surface area (TPSA) is 144 Å². The van der Waals surface area contributed by atoms with Crippen LogP contribution in [0.2, 0.25) is 0 Å². The van der Waals surface area contributed by atoms with E-state index >= 15 is 0 Å². The first-order valence-corrected chi connectivity index (χ1v) is 11.9. The molecule has 34 heavy (non-hydrogen) atoms. The highest BCUT2D eigenvalue weighted by molar-refractivity contribution is 7.18. The van der Waals surface area contributed by atoms with Crippen molar-refractivity contribution in [2.75, 3.05) is 30.4 Å². The van der Waals surface area contributed by atoms with E-state index < -0.39 is 6.04 Å². The molecule has 3 aromatic rings. The summed E-state index contributed by atoms with van der Waals surface area (Å²) in [5, 5.41) is 31.7. The number of carbonyl (C=O) groups is 1. The van der Waals surface area contributed by atoms with Gasteiger partial charge in [0, 0.05) is 30.9 Å². The predicted octanol–water partition coefficient (Wildman–Crippen LogP) is 2.67. The summed E-state index contributed by atoms with van der Waals surface area (Å²) in [6, 6.07) is 8.94. The fourth-order valence-corrected chi connectivity index (χ4v) is 4.06. The van der Waals surface area contributed by atoms with Gasteiger partial charge >= 0.3 is 6.03 Å². The second-order valence-electron chi connectivity index (χ2n) is 7.87. The summed E-state index contributed by atoms with van der Waals surface area (Å²) < 4.78 is 0. The number of nitrogens with one attached hydrogen (secondary N) is 4. The second kappa shape index (κ2) is 12.3. The van der Waals surface area contributed by atoms with Gasteiger partial charge in [-0.3, -0.25) is 0 Å². The highest BCUT2D eigenvalue weighted by Crippen LogP contribution is 2.32. The lowest BCUT2D eigenvalue weighted by Gasteiger charge is -2.16. The van der Waals surface area contributed by atoms with Gasteiger partial charge in [-0.25, -0.2) is 19.7 Å². The van der Waals surface area contributed by atoms with Gasteiger partial charge in [-0.2, -0.15) is 0 Å².